The maximum Gasteiger partial charge on any atom is 0.169 e. The lowest BCUT2D eigenvalue weighted by Gasteiger charge is -2.26. The third-order valence-corrected chi connectivity index (χ3v) is 5.81. The third kappa shape index (κ3) is 6.44. The number of halogens is 1. The molecule has 2 N–H and O–H groups in total. The zero-order valence-electron chi connectivity index (χ0n) is 19.2. The molecule has 0 saturated heterocycles. The largest absolute Gasteiger partial charge is 0.497 e. The van der Waals surface area contributed by atoms with Crippen LogP contribution in [0.3, 0.4) is 0 Å². The normalized spacial score (nSPS) is 15.5. The number of Topliss-reactive ketones (excluding diaryl/α,β-unsaturated/α-hetero) is 1. The van der Waals surface area contributed by atoms with Crippen molar-refractivity contribution in [2.45, 2.75) is 46.5 Å². The average Bonchev–Trinajstić information content (AvgIpc) is 2.79. The highest BCUT2D eigenvalue weighted by Gasteiger charge is 2.29. The second-order valence-electron chi connectivity index (χ2n) is 7.93. The number of carbonyl (C=O) groups excluding carboxylic acids is 1. The maximum atomic E-state index is 13.4. The van der Waals surface area contributed by atoms with Gasteiger partial charge < -0.3 is 15.2 Å². The number of hydrogen-bond donors (Lipinski definition) is 1. The van der Waals surface area contributed by atoms with Crippen LogP contribution in [0, 0.1) is 5.92 Å². The second kappa shape index (κ2) is 12.1. The molecule has 4 nitrogen and oxygen atoms in total. The van der Waals surface area contributed by atoms with Crippen molar-refractivity contribution >= 4 is 27.3 Å². The summed E-state index contributed by atoms with van der Waals surface area (Å²) in [5.41, 5.74) is 9.00. The van der Waals surface area contributed by atoms with Gasteiger partial charge in [0.25, 0.3) is 0 Å². The van der Waals surface area contributed by atoms with Gasteiger partial charge in [0.1, 0.15) is 11.5 Å². The van der Waals surface area contributed by atoms with E-state index < -0.39 is 0 Å². The Labute approximate surface area is 195 Å². The number of allylic oxidation sites excluding steroid dienone is 2. The molecular formula is C26H34BrNO3. The minimum absolute atomic E-state index is 0.134. The monoisotopic (exact) mass is 487 g/mol. The Morgan fingerprint density at radius 2 is 2.00 bits per heavy atom. The lowest BCUT2D eigenvalue weighted by molar-refractivity contribution is -0.118. The van der Waals surface area contributed by atoms with E-state index in [2.05, 4.69) is 42.8 Å². The first kappa shape index (κ1) is 25.2. The number of hydrogen-bond acceptors (Lipinski definition) is 4. The van der Waals surface area contributed by atoms with Crippen molar-refractivity contribution in [3.63, 3.8) is 0 Å². The van der Waals surface area contributed by atoms with E-state index in [1.165, 1.54) is 5.56 Å². The minimum Gasteiger partial charge on any atom is -0.497 e. The number of nitrogens with two attached hydrogens (primary N) is 1. The van der Waals surface area contributed by atoms with Crippen molar-refractivity contribution in [3.05, 3.63) is 63.6 Å². The van der Waals surface area contributed by atoms with Crippen LogP contribution in [-0.4, -0.2) is 26.0 Å². The first-order valence-corrected chi connectivity index (χ1v) is 11.7. The third-order valence-electron chi connectivity index (χ3n) is 5.31. The van der Waals surface area contributed by atoms with Gasteiger partial charge in [-0.3, -0.25) is 4.79 Å². The van der Waals surface area contributed by atoms with Crippen molar-refractivity contribution < 1.29 is 14.3 Å². The molecule has 2 aromatic carbocycles. The smallest absolute Gasteiger partial charge is 0.169 e. The first-order valence-electron chi connectivity index (χ1n) is 10.9. The molecule has 0 spiro atoms. The highest BCUT2D eigenvalue weighted by atomic mass is 79.9. The van der Waals surface area contributed by atoms with Gasteiger partial charge in [-0.1, -0.05) is 48.8 Å². The van der Waals surface area contributed by atoms with E-state index in [-0.39, 0.29) is 11.7 Å². The van der Waals surface area contributed by atoms with Gasteiger partial charge in [-0.2, -0.15) is 0 Å². The van der Waals surface area contributed by atoms with E-state index in [0.717, 1.165) is 45.6 Å². The summed E-state index contributed by atoms with van der Waals surface area (Å²) < 4.78 is 12.2. The zero-order valence-corrected chi connectivity index (χ0v) is 20.8. The van der Waals surface area contributed by atoms with Gasteiger partial charge in [-0.15, -0.1) is 0 Å². The quantitative estimate of drug-likeness (QED) is 0.495. The van der Waals surface area contributed by atoms with Crippen molar-refractivity contribution in [1.29, 1.82) is 0 Å². The fourth-order valence-corrected chi connectivity index (χ4v) is 3.95. The predicted molar refractivity (Wildman–Crippen MR) is 132 cm³/mol. The van der Waals surface area contributed by atoms with Gasteiger partial charge in [-0.05, 0) is 79.3 Å². The van der Waals surface area contributed by atoms with E-state index in [0.29, 0.717) is 18.9 Å². The molecule has 1 atom stereocenters. The van der Waals surface area contributed by atoms with Gasteiger partial charge in [0.2, 0.25) is 0 Å². The van der Waals surface area contributed by atoms with Crippen LogP contribution in [0.15, 0.2) is 46.9 Å². The molecule has 0 bridgehead atoms. The van der Waals surface area contributed by atoms with Gasteiger partial charge in [0.15, 0.2) is 5.78 Å². The van der Waals surface area contributed by atoms with Crippen LogP contribution in [0.4, 0.5) is 0 Å². The molecule has 0 radical (unpaired) electrons. The summed E-state index contributed by atoms with van der Waals surface area (Å²) in [7, 11) is 1.65. The number of methoxy groups -OCH3 is 1. The van der Waals surface area contributed by atoms with Crippen LogP contribution < -0.4 is 15.2 Å². The predicted octanol–water partition coefficient (Wildman–Crippen LogP) is 6.16. The van der Waals surface area contributed by atoms with Gasteiger partial charge in [0.05, 0.1) is 19.6 Å². The van der Waals surface area contributed by atoms with Gasteiger partial charge in [-0.25, -0.2) is 0 Å². The van der Waals surface area contributed by atoms with E-state index in [1.54, 1.807) is 7.11 Å². The van der Waals surface area contributed by atoms with Gasteiger partial charge >= 0.3 is 0 Å². The van der Waals surface area contributed by atoms with Crippen molar-refractivity contribution in [2.75, 3.05) is 20.3 Å². The SMILES string of the molecule is C/C=C(/C(=O)C1COc2ccc(OC)cc2C1)c1ccc(Br)cc1C(C)C.CCCN. The molecule has 0 amide bonds. The maximum absolute atomic E-state index is 13.4. The minimum atomic E-state index is -0.195. The van der Waals surface area contributed by atoms with Gasteiger partial charge in [0, 0.05) is 10.0 Å². The number of ether oxygens (including phenoxy) is 2. The molecule has 1 unspecified atom stereocenters. The highest BCUT2D eigenvalue weighted by molar-refractivity contribution is 9.10. The van der Waals surface area contributed by atoms with Crippen molar-refractivity contribution in [1.82, 2.24) is 0 Å². The Bertz CT molecular complexity index is 919. The van der Waals surface area contributed by atoms with E-state index in [1.807, 2.05) is 43.3 Å². The molecule has 0 aromatic heterocycles. The molecule has 1 aliphatic heterocycles. The Morgan fingerprint density at radius 1 is 1.29 bits per heavy atom. The van der Waals surface area contributed by atoms with Crippen LogP contribution in [0.25, 0.3) is 5.57 Å². The van der Waals surface area contributed by atoms with Crippen LogP contribution in [0.1, 0.15) is 56.7 Å². The molecule has 31 heavy (non-hydrogen) atoms. The topological polar surface area (TPSA) is 61.5 Å². The molecule has 2 aromatic rings. The highest BCUT2D eigenvalue weighted by Crippen LogP contribution is 2.35. The summed E-state index contributed by atoms with van der Waals surface area (Å²) in [6.07, 6.45) is 3.69. The van der Waals surface area contributed by atoms with Crippen LogP contribution in [0.5, 0.6) is 11.5 Å². The van der Waals surface area contributed by atoms with Crippen LogP contribution in [-0.2, 0) is 11.2 Å². The molecule has 5 heteroatoms. The lowest BCUT2D eigenvalue weighted by atomic mass is 9.84. The van der Waals surface area contributed by atoms with Crippen LogP contribution in [0.2, 0.25) is 0 Å². The molecule has 1 heterocycles. The van der Waals surface area contributed by atoms with E-state index in [4.69, 9.17) is 15.2 Å². The number of rotatable bonds is 6. The number of ketones is 1. The Morgan fingerprint density at radius 3 is 2.58 bits per heavy atom. The molecule has 1 aliphatic rings. The number of fused-ring (bicyclic) bond motifs is 1. The van der Waals surface area contributed by atoms with Crippen molar-refractivity contribution in [2.24, 2.45) is 11.7 Å². The lowest BCUT2D eigenvalue weighted by Crippen LogP contribution is -2.29. The summed E-state index contributed by atoms with van der Waals surface area (Å²) in [6.45, 7) is 9.51. The molecule has 0 fully saturated rings. The summed E-state index contributed by atoms with van der Waals surface area (Å²) in [6, 6.07) is 11.9. The fourth-order valence-electron chi connectivity index (χ4n) is 3.57. The Kier molecular flexibility index (Phi) is 9.79. The summed E-state index contributed by atoms with van der Waals surface area (Å²) in [5.74, 6) is 1.89. The summed E-state index contributed by atoms with van der Waals surface area (Å²) in [4.78, 5) is 13.4. The molecule has 3 rings (SSSR count). The Balaban J connectivity index is 0.000000785. The van der Waals surface area contributed by atoms with E-state index in [9.17, 15) is 4.79 Å². The number of carbonyl (C=O) groups is 1. The van der Waals surface area contributed by atoms with Crippen molar-refractivity contribution in [3.8, 4) is 11.5 Å². The second-order valence-corrected chi connectivity index (χ2v) is 8.84. The van der Waals surface area contributed by atoms with Crippen LogP contribution >= 0.6 is 15.9 Å². The summed E-state index contributed by atoms with van der Waals surface area (Å²) in [5, 5.41) is 0. The van der Waals surface area contributed by atoms with E-state index >= 15 is 0 Å². The average molecular weight is 488 g/mol. The fraction of sp³-hybridized carbons (Fsp3) is 0.423. The summed E-state index contributed by atoms with van der Waals surface area (Å²) >= 11 is 3.54. The first-order chi connectivity index (χ1) is 14.9. The molecule has 0 saturated carbocycles. The molecular weight excluding hydrogens is 454 g/mol. The number of benzene rings is 2. The Hall–Kier alpha value is -2.11. The standard InChI is InChI=1S/C23H25BrO3.C3H9N/c1-5-19(20-8-6-17(24)12-21(20)14(2)3)23(25)16-10-15-11-18(26-4)7-9-22(15)27-13-16;1-2-3-4/h5-9,11-12,14,16H,10,13H2,1-4H3;2-4H2,1H3/b19-5+;. The molecule has 0 aliphatic carbocycles. The molecule has 168 valence electrons. The zero-order chi connectivity index (χ0) is 23.0.